The Balaban J connectivity index is 2.29. The second kappa shape index (κ2) is 8.70. The smallest absolute Gasteiger partial charge is 0.310 e. The molecule has 0 radical (unpaired) electrons. The summed E-state index contributed by atoms with van der Waals surface area (Å²) >= 11 is 0. The van der Waals surface area contributed by atoms with Crippen LogP contribution in [0, 0.1) is 16.0 Å². The van der Waals surface area contributed by atoms with E-state index in [1.807, 2.05) is 0 Å². The quantitative estimate of drug-likeness (QED) is 0.428. The SMILES string of the molecule is COC(=O)C(C)CN(Cc1ccncc1)C(=O)c1cccc([N+](=O)[O-])c1. The molecule has 0 bridgehead atoms. The third-order valence-electron chi connectivity index (χ3n) is 3.81. The molecule has 1 heterocycles. The molecule has 0 fully saturated rings. The van der Waals surface area contributed by atoms with Gasteiger partial charge in [-0.1, -0.05) is 13.0 Å². The number of aromatic nitrogens is 1. The molecule has 0 saturated heterocycles. The first kappa shape index (κ1) is 19.0. The van der Waals surface area contributed by atoms with Crippen LogP contribution in [0.2, 0.25) is 0 Å². The van der Waals surface area contributed by atoms with Crippen molar-refractivity contribution in [1.29, 1.82) is 0 Å². The van der Waals surface area contributed by atoms with Crippen molar-refractivity contribution in [3.63, 3.8) is 0 Å². The van der Waals surface area contributed by atoms with E-state index < -0.39 is 22.7 Å². The second-order valence-electron chi connectivity index (χ2n) is 5.77. The van der Waals surface area contributed by atoms with E-state index in [0.29, 0.717) is 0 Å². The Morgan fingerprint density at radius 2 is 1.96 bits per heavy atom. The van der Waals surface area contributed by atoms with Crippen LogP contribution in [0.5, 0.6) is 0 Å². The van der Waals surface area contributed by atoms with Crippen LogP contribution < -0.4 is 0 Å². The van der Waals surface area contributed by atoms with Gasteiger partial charge in [-0.05, 0) is 23.8 Å². The number of carbonyl (C=O) groups is 2. The molecule has 26 heavy (non-hydrogen) atoms. The van der Waals surface area contributed by atoms with E-state index >= 15 is 0 Å². The van der Waals surface area contributed by atoms with Crippen molar-refractivity contribution in [2.75, 3.05) is 13.7 Å². The molecule has 1 unspecified atom stereocenters. The molecule has 0 N–H and O–H groups in total. The number of hydrogen-bond acceptors (Lipinski definition) is 6. The zero-order chi connectivity index (χ0) is 19.1. The Labute approximate surface area is 150 Å². The molecule has 0 saturated carbocycles. The number of methoxy groups -OCH3 is 1. The summed E-state index contributed by atoms with van der Waals surface area (Å²) in [4.78, 5) is 40.5. The maximum Gasteiger partial charge on any atom is 0.310 e. The van der Waals surface area contributed by atoms with E-state index in [9.17, 15) is 19.7 Å². The van der Waals surface area contributed by atoms with Crippen LogP contribution >= 0.6 is 0 Å². The number of amides is 1. The molecule has 0 aliphatic carbocycles. The molecule has 1 atom stereocenters. The summed E-state index contributed by atoms with van der Waals surface area (Å²) < 4.78 is 4.72. The fourth-order valence-electron chi connectivity index (χ4n) is 2.47. The van der Waals surface area contributed by atoms with E-state index in [0.717, 1.165) is 5.56 Å². The summed E-state index contributed by atoms with van der Waals surface area (Å²) in [5, 5.41) is 11.0. The summed E-state index contributed by atoms with van der Waals surface area (Å²) in [6, 6.07) is 9.04. The first-order valence-corrected chi connectivity index (χ1v) is 7.93. The fourth-order valence-corrected chi connectivity index (χ4v) is 2.47. The number of nitrogens with zero attached hydrogens (tertiary/aromatic N) is 3. The minimum atomic E-state index is -0.555. The normalized spacial score (nSPS) is 11.5. The van der Waals surface area contributed by atoms with Crippen LogP contribution in [0.15, 0.2) is 48.8 Å². The molecular formula is C18H19N3O5. The minimum Gasteiger partial charge on any atom is -0.469 e. The molecule has 0 aliphatic rings. The van der Waals surface area contributed by atoms with E-state index in [-0.39, 0.29) is 24.3 Å². The molecule has 136 valence electrons. The highest BCUT2D eigenvalue weighted by Gasteiger charge is 2.24. The highest BCUT2D eigenvalue weighted by molar-refractivity contribution is 5.95. The summed E-state index contributed by atoms with van der Waals surface area (Å²) in [7, 11) is 1.29. The molecular weight excluding hydrogens is 338 g/mol. The molecule has 2 rings (SSSR count). The van der Waals surface area contributed by atoms with Crippen molar-refractivity contribution in [2.24, 2.45) is 5.92 Å². The van der Waals surface area contributed by atoms with Crippen LogP contribution in [0.25, 0.3) is 0 Å². The van der Waals surface area contributed by atoms with Crippen molar-refractivity contribution in [3.05, 3.63) is 70.0 Å². The minimum absolute atomic E-state index is 0.122. The highest BCUT2D eigenvalue weighted by atomic mass is 16.6. The maximum atomic E-state index is 12.9. The van der Waals surface area contributed by atoms with Gasteiger partial charge in [-0.3, -0.25) is 24.7 Å². The fraction of sp³-hybridized carbons (Fsp3) is 0.278. The number of benzene rings is 1. The van der Waals surface area contributed by atoms with E-state index in [1.165, 1.54) is 36.3 Å². The van der Waals surface area contributed by atoms with E-state index in [2.05, 4.69) is 4.98 Å². The van der Waals surface area contributed by atoms with Gasteiger partial charge in [-0.2, -0.15) is 0 Å². The molecule has 0 aliphatic heterocycles. The van der Waals surface area contributed by atoms with Gasteiger partial charge in [-0.25, -0.2) is 0 Å². The van der Waals surface area contributed by atoms with Crippen LogP contribution in [0.3, 0.4) is 0 Å². The number of non-ortho nitro benzene ring substituents is 1. The van der Waals surface area contributed by atoms with Crippen LogP contribution in [0.1, 0.15) is 22.8 Å². The molecule has 8 heteroatoms. The van der Waals surface area contributed by atoms with Gasteiger partial charge in [0.25, 0.3) is 11.6 Å². The zero-order valence-electron chi connectivity index (χ0n) is 14.5. The lowest BCUT2D eigenvalue weighted by Crippen LogP contribution is -2.36. The summed E-state index contributed by atoms with van der Waals surface area (Å²) in [5.41, 5.74) is 0.849. The number of hydrogen-bond donors (Lipinski definition) is 0. The standard InChI is InChI=1S/C18H19N3O5/c1-13(18(23)26-2)11-20(12-14-6-8-19-9-7-14)17(22)15-4-3-5-16(10-15)21(24)25/h3-10,13H,11-12H2,1-2H3. The first-order valence-electron chi connectivity index (χ1n) is 7.93. The molecule has 1 aromatic heterocycles. The van der Waals surface area contributed by atoms with Gasteiger partial charge < -0.3 is 9.64 Å². The third-order valence-corrected chi connectivity index (χ3v) is 3.81. The van der Waals surface area contributed by atoms with Crippen LogP contribution in [0.4, 0.5) is 5.69 Å². The van der Waals surface area contributed by atoms with Gasteiger partial charge in [0.2, 0.25) is 0 Å². The van der Waals surface area contributed by atoms with Gasteiger partial charge in [-0.15, -0.1) is 0 Å². The predicted molar refractivity (Wildman–Crippen MR) is 93.3 cm³/mol. The second-order valence-corrected chi connectivity index (χ2v) is 5.77. The van der Waals surface area contributed by atoms with Crippen molar-refractivity contribution in [3.8, 4) is 0 Å². The van der Waals surface area contributed by atoms with Gasteiger partial charge in [0, 0.05) is 43.2 Å². The van der Waals surface area contributed by atoms with Gasteiger partial charge in [0.1, 0.15) is 0 Å². The number of esters is 1. The number of carbonyl (C=O) groups excluding carboxylic acids is 2. The largest absolute Gasteiger partial charge is 0.469 e. The average Bonchev–Trinajstić information content (AvgIpc) is 2.67. The number of ether oxygens (including phenoxy) is 1. The maximum absolute atomic E-state index is 12.9. The first-order chi connectivity index (χ1) is 12.4. The van der Waals surface area contributed by atoms with Gasteiger partial charge >= 0.3 is 5.97 Å². The monoisotopic (exact) mass is 357 g/mol. The Morgan fingerprint density at radius 1 is 1.27 bits per heavy atom. The van der Waals surface area contributed by atoms with Crippen molar-refractivity contribution in [1.82, 2.24) is 9.88 Å². The topological polar surface area (TPSA) is 103 Å². The van der Waals surface area contributed by atoms with E-state index in [1.54, 1.807) is 31.5 Å². The molecule has 0 spiro atoms. The third kappa shape index (κ3) is 4.85. The number of nitro benzene ring substituents is 1. The molecule has 1 amide bonds. The lowest BCUT2D eigenvalue weighted by atomic mass is 10.1. The Kier molecular flexibility index (Phi) is 6.37. The van der Waals surface area contributed by atoms with Crippen molar-refractivity contribution in [2.45, 2.75) is 13.5 Å². The molecule has 2 aromatic rings. The number of nitro groups is 1. The summed E-state index contributed by atoms with van der Waals surface area (Å²) in [6.07, 6.45) is 3.21. The van der Waals surface area contributed by atoms with Crippen molar-refractivity contribution >= 4 is 17.6 Å². The Bertz CT molecular complexity index is 794. The highest BCUT2D eigenvalue weighted by Crippen LogP contribution is 2.17. The van der Waals surface area contributed by atoms with E-state index in [4.69, 9.17) is 4.74 Å². The lowest BCUT2D eigenvalue weighted by molar-refractivity contribution is -0.384. The van der Waals surface area contributed by atoms with Crippen LogP contribution in [-0.2, 0) is 16.1 Å². The van der Waals surface area contributed by atoms with Gasteiger partial charge in [0.05, 0.1) is 18.0 Å². The number of rotatable bonds is 7. The Morgan fingerprint density at radius 3 is 2.58 bits per heavy atom. The summed E-state index contributed by atoms with van der Waals surface area (Å²) in [5.74, 6) is -1.37. The Hall–Kier alpha value is -3.29. The average molecular weight is 357 g/mol. The van der Waals surface area contributed by atoms with Gasteiger partial charge in [0.15, 0.2) is 0 Å². The lowest BCUT2D eigenvalue weighted by Gasteiger charge is -2.25. The number of pyridine rings is 1. The zero-order valence-corrected chi connectivity index (χ0v) is 14.5. The van der Waals surface area contributed by atoms with Crippen molar-refractivity contribution < 1.29 is 19.2 Å². The predicted octanol–water partition coefficient (Wildman–Crippen LogP) is 2.44. The van der Waals surface area contributed by atoms with Crippen LogP contribution in [-0.4, -0.2) is 40.3 Å². The molecule has 1 aromatic carbocycles. The summed E-state index contributed by atoms with van der Waals surface area (Å²) in [6.45, 7) is 2.02. The molecule has 8 nitrogen and oxygen atoms in total.